The summed E-state index contributed by atoms with van der Waals surface area (Å²) in [5.41, 5.74) is 2.51. The molecule has 1 amide bonds. The molecule has 3 nitrogen and oxygen atoms in total. The van der Waals surface area contributed by atoms with Crippen LogP contribution >= 0.6 is 0 Å². The van der Waals surface area contributed by atoms with Crippen molar-refractivity contribution in [3.05, 3.63) is 34.9 Å². The molecular weight excluding hydrogens is 250 g/mol. The summed E-state index contributed by atoms with van der Waals surface area (Å²) in [4.78, 5) is 14.5. The van der Waals surface area contributed by atoms with Crippen molar-refractivity contribution in [2.75, 3.05) is 13.2 Å². The zero-order valence-electron chi connectivity index (χ0n) is 12.3. The van der Waals surface area contributed by atoms with E-state index in [0.717, 1.165) is 24.1 Å². The molecule has 0 radical (unpaired) electrons. The van der Waals surface area contributed by atoms with Crippen LogP contribution in [0.3, 0.4) is 0 Å². The minimum atomic E-state index is -0.168. The number of rotatable bonds is 1. The van der Waals surface area contributed by atoms with Gasteiger partial charge >= 0.3 is 0 Å². The van der Waals surface area contributed by atoms with Crippen molar-refractivity contribution in [2.24, 2.45) is 5.92 Å². The quantitative estimate of drug-likeness (QED) is 0.796. The van der Waals surface area contributed by atoms with E-state index in [2.05, 4.69) is 25.7 Å². The summed E-state index contributed by atoms with van der Waals surface area (Å²) in [6.45, 7) is 6.89. The lowest BCUT2D eigenvalue weighted by atomic mass is 10.0. The number of hydrogen-bond donors (Lipinski definition) is 1. The van der Waals surface area contributed by atoms with Crippen molar-refractivity contribution in [2.45, 2.75) is 33.2 Å². The maximum absolute atomic E-state index is 12.6. The first-order chi connectivity index (χ1) is 9.52. The van der Waals surface area contributed by atoms with Gasteiger partial charge in [-0.25, -0.2) is 0 Å². The van der Waals surface area contributed by atoms with Gasteiger partial charge in [-0.3, -0.25) is 4.79 Å². The summed E-state index contributed by atoms with van der Waals surface area (Å²) in [5, 5.41) is 8.78. The highest BCUT2D eigenvalue weighted by atomic mass is 16.2. The summed E-state index contributed by atoms with van der Waals surface area (Å²) in [7, 11) is 0. The van der Waals surface area contributed by atoms with Crippen molar-refractivity contribution >= 4 is 5.91 Å². The van der Waals surface area contributed by atoms with Crippen LogP contribution < -0.4 is 0 Å². The molecule has 1 aliphatic heterocycles. The number of carbonyl (C=O) groups excluding carboxylic acids is 1. The van der Waals surface area contributed by atoms with Crippen molar-refractivity contribution in [3.8, 4) is 11.8 Å². The Bertz CT molecular complexity index is 568. The third-order valence-electron chi connectivity index (χ3n) is 3.83. The molecule has 1 saturated heterocycles. The van der Waals surface area contributed by atoms with Gasteiger partial charge in [-0.1, -0.05) is 24.8 Å². The maximum Gasteiger partial charge on any atom is 0.254 e. The molecule has 2 rings (SSSR count). The predicted molar refractivity (Wildman–Crippen MR) is 79.4 cm³/mol. The van der Waals surface area contributed by atoms with E-state index in [9.17, 15) is 4.79 Å². The average Bonchev–Trinajstić information content (AvgIpc) is 2.76. The Morgan fingerprint density at radius 1 is 1.45 bits per heavy atom. The van der Waals surface area contributed by atoms with Gasteiger partial charge in [0.1, 0.15) is 6.61 Å². The second-order valence-corrected chi connectivity index (χ2v) is 5.64. The Morgan fingerprint density at radius 3 is 2.80 bits per heavy atom. The van der Waals surface area contributed by atoms with Crippen LogP contribution in [-0.4, -0.2) is 35.1 Å². The highest BCUT2D eigenvalue weighted by Crippen LogP contribution is 2.24. The number of aryl methyl sites for hydroxylation is 1. The van der Waals surface area contributed by atoms with Gasteiger partial charge < -0.3 is 10.0 Å². The van der Waals surface area contributed by atoms with Gasteiger partial charge in [0.15, 0.2) is 0 Å². The second kappa shape index (κ2) is 6.11. The van der Waals surface area contributed by atoms with Crippen LogP contribution in [0.2, 0.25) is 0 Å². The van der Waals surface area contributed by atoms with E-state index in [1.54, 1.807) is 0 Å². The second-order valence-electron chi connectivity index (χ2n) is 5.64. The largest absolute Gasteiger partial charge is 0.384 e. The summed E-state index contributed by atoms with van der Waals surface area (Å²) >= 11 is 0. The maximum atomic E-state index is 12.6. The van der Waals surface area contributed by atoms with Gasteiger partial charge in [0.2, 0.25) is 0 Å². The molecule has 1 heterocycles. The van der Waals surface area contributed by atoms with Gasteiger partial charge in [-0.05, 0) is 43.9 Å². The molecule has 2 atom stereocenters. The molecule has 3 heteroatoms. The number of likely N-dealkylation sites (tertiary alicyclic amines) is 1. The molecule has 0 bridgehead atoms. The lowest BCUT2D eigenvalue weighted by Crippen LogP contribution is -2.34. The number of aliphatic hydroxyl groups excluding tert-OH is 1. The highest BCUT2D eigenvalue weighted by Gasteiger charge is 2.30. The molecule has 0 saturated carbocycles. The van der Waals surface area contributed by atoms with Crippen LogP contribution in [0.1, 0.15) is 41.8 Å². The molecule has 2 unspecified atom stereocenters. The van der Waals surface area contributed by atoms with E-state index in [1.807, 2.05) is 30.0 Å². The fraction of sp³-hybridized carbons (Fsp3) is 0.471. The van der Waals surface area contributed by atoms with Crippen LogP contribution in [0.25, 0.3) is 0 Å². The molecule has 1 aliphatic rings. The lowest BCUT2D eigenvalue weighted by molar-refractivity contribution is 0.0743. The number of hydrogen-bond acceptors (Lipinski definition) is 2. The zero-order valence-corrected chi connectivity index (χ0v) is 12.3. The Labute approximate surface area is 120 Å². The van der Waals surface area contributed by atoms with E-state index in [-0.39, 0.29) is 12.5 Å². The van der Waals surface area contributed by atoms with Crippen LogP contribution in [0.5, 0.6) is 0 Å². The van der Waals surface area contributed by atoms with Gasteiger partial charge in [-0.15, -0.1) is 0 Å². The first kappa shape index (κ1) is 14.6. The minimum Gasteiger partial charge on any atom is -0.384 e. The molecule has 1 fully saturated rings. The topological polar surface area (TPSA) is 40.5 Å². The fourth-order valence-corrected chi connectivity index (χ4v) is 2.77. The van der Waals surface area contributed by atoms with E-state index in [1.165, 1.54) is 0 Å². The van der Waals surface area contributed by atoms with Crippen LogP contribution in [0, 0.1) is 24.7 Å². The van der Waals surface area contributed by atoms with Gasteiger partial charge in [0.25, 0.3) is 5.91 Å². The number of aliphatic hydroxyl groups is 1. The van der Waals surface area contributed by atoms with E-state index < -0.39 is 0 Å². The Balaban J connectivity index is 2.27. The molecule has 0 aliphatic carbocycles. The molecule has 20 heavy (non-hydrogen) atoms. The summed E-state index contributed by atoms with van der Waals surface area (Å²) in [6, 6.07) is 5.90. The molecule has 106 valence electrons. The minimum absolute atomic E-state index is 0.0777. The highest BCUT2D eigenvalue weighted by molar-refractivity contribution is 5.95. The first-order valence-corrected chi connectivity index (χ1v) is 7.04. The van der Waals surface area contributed by atoms with Crippen LogP contribution in [0.4, 0.5) is 0 Å². The van der Waals surface area contributed by atoms with Crippen LogP contribution in [-0.2, 0) is 0 Å². The average molecular weight is 271 g/mol. The van der Waals surface area contributed by atoms with Crippen molar-refractivity contribution < 1.29 is 9.90 Å². The normalized spacial score (nSPS) is 21.5. The third-order valence-corrected chi connectivity index (χ3v) is 3.83. The fourth-order valence-electron chi connectivity index (χ4n) is 2.77. The Morgan fingerprint density at radius 2 is 2.20 bits per heavy atom. The first-order valence-electron chi connectivity index (χ1n) is 7.04. The molecule has 1 N–H and O–H groups in total. The van der Waals surface area contributed by atoms with Crippen LogP contribution in [0.15, 0.2) is 18.2 Å². The predicted octanol–water partition coefficient (Wildman–Crippen LogP) is 2.21. The molecule has 0 spiro atoms. The molecule has 1 aromatic rings. The SMILES string of the molecule is Cc1ccc(C(=O)N2CC(C)CC2C)cc1C#CCO. The zero-order chi connectivity index (χ0) is 14.7. The number of nitrogens with zero attached hydrogens (tertiary/aromatic N) is 1. The van der Waals surface area contributed by atoms with E-state index in [0.29, 0.717) is 17.5 Å². The van der Waals surface area contributed by atoms with Crippen molar-refractivity contribution in [1.29, 1.82) is 0 Å². The Kier molecular flexibility index (Phi) is 4.46. The Hall–Kier alpha value is -1.79. The van der Waals surface area contributed by atoms with Gasteiger partial charge in [0.05, 0.1) is 0 Å². The number of amides is 1. The molecular formula is C17H21NO2. The lowest BCUT2D eigenvalue weighted by Gasteiger charge is -2.21. The summed E-state index contributed by atoms with van der Waals surface area (Å²) < 4.78 is 0. The number of carbonyl (C=O) groups is 1. The van der Waals surface area contributed by atoms with Gasteiger partial charge in [-0.2, -0.15) is 0 Å². The van der Waals surface area contributed by atoms with Crippen molar-refractivity contribution in [3.63, 3.8) is 0 Å². The summed E-state index contributed by atoms with van der Waals surface area (Å²) in [5.74, 6) is 6.18. The smallest absolute Gasteiger partial charge is 0.254 e. The monoisotopic (exact) mass is 271 g/mol. The molecule has 0 aromatic heterocycles. The van der Waals surface area contributed by atoms with Gasteiger partial charge in [0, 0.05) is 23.7 Å². The standard InChI is InChI=1S/C17H21NO2/c1-12-9-14(3)18(11-12)17(20)16-7-6-13(2)15(10-16)5-4-8-19/h6-7,10,12,14,19H,8-9,11H2,1-3H3. The summed E-state index contributed by atoms with van der Waals surface area (Å²) in [6.07, 6.45) is 1.06. The number of benzene rings is 1. The van der Waals surface area contributed by atoms with E-state index >= 15 is 0 Å². The third kappa shape index (κ3) is 3.02. The van der Waals surface area contributed by atoms with E-state index in [4.69, 9.17) is 5.11 Å². The van der Waals surface area contributed by atoms with Crippen molar-refractivity contribution in [1.82, 2.24) is 4.90 Å². The molecule has 1 aromatic carbocycles.